The topological polar surface area (TPSA) is 81.2 Å². The summed E-state index contributed by atoms with van der Waals surface area (Å²) in [6, 6.07) is 4.68. The predicted molar refractivity (Wildman–Crippen MR) is 118 cm³/mol. The lowest BCUT2D eigenvalue weighted by atomic mass is 9.93. The van der Waals surface area contributed by atoms with Crippen molar-refractivity contribution in [3.05, 3.63) is 33.8 Å². The van der Waals surface area contributed by atoms with E-state index in [4.69, 9.17) is 23.2 Å². The Morgan fingerprint density at radius 2 is 1.70 bits per heavy atom. The van der Waals surface area contributed by atoms with Gasteiger partial charge in [0, 0.05) is 51.5 Å². The molecule has 2 aliphatic heterocycles. The Hall–Kier alpha value is -2.13. The van der Waals surface area contributed by atoms with Crippen molar-refractivity contribution in [1.82, 2.24) is 14.7 Å². The van der Waals surface area contributed by atoms with Crippen LogP contribution in [0.5, 0.6) is 0 Å². The number of carbonyl (C=O) groups is 3. The highest BCUT2D eigenvalue weighted by atomic mass is 35.5. The Morgan fingerprint density at radius 3 is 2.24 bits per heavy atom. The van der Waals surface area contributed by atoms with Gasteiger partial charge in [-0.3, -0.25) is 9.59 Å². The summed E-state index contributed by atoms with van der Waals surface area (Å²) in [5.74, 6) is -5.37. The standard InChI is InChI=1S/C22H25Cl2F2N3O4/c1-27(21(32)33)18-11-29(10-14(18)13-2-3-16(23)17(24)8-13)19(30)12-4-6-28(7-5-12)20(31)15-9-22(15,25)26/h2-3,8,12,14-15,18H,4-7,9-11H2,1H3,(H,32,33)/t14-,15?,18+/m0/s1. The SMILES string of the molecule is CN(C(=O)O)[C@@H]1CN(C(=O)C2CCN(C(=O)C3CC3(F)F)CC2)C[C@H]1c1ccc(Cl)c(Cl)c1. The minimum atomic E-state index is -2.90. The van der Waals surface area contributed by atoms with Gasteiger partial charge in [0.25, 0.3) is 5.92 Å². The van der Waals surface area contributed by atoms with Gasteiger partial charge in [0.2, 0.25) is 11.8 Å². The zero-order valence-corrected chi connectivity index (χ0v) is 19.5. The fourth-order valence-electron chi connectivity index (χ4n) is 4.88. The second-order valence-electron chi connectivity index (χ2n) is 9.10. The molecule has 3 atom stereocenters. The first-order valence-corrected chi connectivity index (χ1v) is 11.6. The molecule has 1 aliphatic carbocycles. The van der Waals surface area contributed by atoms with Gasteiger partial charge in [-0.2, -0.15) is 0 Å². The van der Waals surface area contributed by atoms with Crippen LogP contribution >= 0.6 is 23.2 Å². The monoisotopic (exact) mass is 503 g/mol. The molecule has 2 heterocycles. The predicted octanol–water partition coefficient (Wildman–Crippen LogP) is 3.79. The molecule has 1 saturated carbocycles. The molecule has 4 rings (SSSR count). The van der Waals surface area contributed by atoms with Crippen LogP contribution in [-0.2, 0) is 9.59 Å². The quantitative estimate of drug-likeness (QED) is 0.677. The first-order valence-electron chi connectivity index (χ1n) is 10.9. The van der Waals surface area contributed by atoms with Crippen molar-refractivity contribution in [2.75, 3.05) is 33.2 Å². The van der Waals surface area contributed by atoms with Crippen molar-refractivity contribution in [2.24, 2.45) is 11.8 Å². The maximum Gasteiger partial charge on any atom is 0.407 e. The molecule has 3 aliphatic rings. The number of hydrogen-bond acceptors (Lipinski definition) is 3. The Balaban J connectivity index is 1.43. The van der Waals surface area contributed by atoms with Crippen LogP contribution in [0.3, 0.4) is 0 Å². The normalized spacial score (nSPS) is 26.9. The van der Waals surface area contributed by atoms with E-state index in [0.29, 0.717) is 29.4 Å². The molecule has 0 radical (unpaired) electrons. The molecule has 0 bridgehead atoms. The molecule has 1 aromatic carbocycles. The van der Waals surface area contributed by atoms with Crippen LogP contribution in [0, 0.1) is 11.8 Å². The third kappa shape index (κ3) is 4.75. The summed E-state index contributed by atoms with van der Waals surface area (Å²) in [5.41, 5.74) is 0.795. The van der Waals surface area contributed by atoms with Gasteiger partial charge in [-0.25, -0.2) is 13.6 Å². The van der Waals surface area contributed by atoms with Gasteiger partial charge in [-0.05, 0) is 30.5 Å². The van der Waals surface area contributed by atoms with Crippen molar-refractivity contribution >= 4 is 41.1 Å². The zero-order chi connectivity index (χ0) is 24.1. The smallest absolute Gasteiger partial charge is 0.407 e. The van der Waals surface area contributed by atoms with E-state index in [1.165, 1.54) is 16.8 Å². The molecule has 0 spiro atoms. The van der Waals surface area contributed by atoms with Gasteiger partial charge in [0.05, 0.1) is 16.1 Å². The van der Waals surface area contributed by atoms with E-state index < -0.39 is 36.3 Å². The van der Waals surface area contributed by atoms with Crippen LogP contribution in [0.25, 0.3) is 0 Å². The molecule has 3 fully saturated rings. The summed E-state index contributed by atoms with van der Waals surface area (Å²) >= 11 is 12.2. The number of carboxylic acid groups (broad SMARTS) is 1. The van der Waals surface area contributed by atoms with E-state index in [1.807, 2.05) is 0 Å². The van der Waals surface area contributed by atoms with Crippen molar-refractivity contribution in [1.29, 1.82) is 0 Å². The number of nitrogens with zero attached hydrogens (tertiary/aromatic N) is 3. The lowest BCUT2D eigenvalue weighted by Crippen LogP contribution is -2.45. The first-order chi connectivity index (χ1) is 15.5. The van der Waals surface area contributed by atoms with Crippen LogP contribution < -0.4 is 0 Å². The average molecular weight is 504 g/mol. The second-order valence-corrected chi connectivity index (χ2v) is 9.92. The Labute approximate surface area is 200 Å². The van der Waals surface area contributed by atoms with Crippen molar-refractivity contribution in [2.45, 2.75) is 37.1 Å². The molecule has 33 heavy (non-hydrogen) atoms. The fourth-order valence-corrected chi connectivity index (χ4v) is 5.18. The van der Waals surface area contributed by atoms with Gasteiger partial charge in [-0.1, -0.05) is 29.3 Å². The van der Waals surface area contributed by atoms with E-state index in [-0.39, 0.29) is 37.4 Å². The number of rotatable bonds is 4. The third-order valence-electron chi connectivity index (χ3n) is 7.05. The van der Waals surface area contributed by atoms with Gasteiger partial charge >= 0.3 is 6.09 Å². The number of carbonyl (C=O) groups excluding carboxylic acids is 2. The Kier molecular flexibility index (Phi) is 6.48. The highest BCUT2D eigenvalue weighted by molar-refractivity contribution is 6.42. The van der Waals surface area contributed by atoms with Crippen LogP contribution in [0.4, 0.5) is 13.6 Å². The summed E-state index contributed by atoms with van der Waals surface area (Å²) in [4.78, 5) is 41.4. The van der Waals surface area contributed by atoms with Crippen LogP contribution in [-0.4, -0.2) is 82.9 Å². The lowest BCUT2D eigenvalue weighted by molar-refractivity contribution is -0.141. The van der Waals surface area contributed by atoms with Gasteiger partial charge in [-0.15, -0.1) is 0 Å². The van der Waals surface area contributed by atoms with Gasteiger partial charge in [0.1, 0.15) is 5.92 Å². The lowest BCUT2D eigenvalue weighted by Gasteiger charge is -2.33. The summed E-state index contributed by atoms with van der Waals surface area (Å²) < 4.78 is 26.4. The molecule has 1 N–H and O–H groups in total. The van der Waals surface area contributed by atoms with Crippen molar-refractivity contribution in [3.63, 3.8) is 0 Å². The van der Waals surface area contributed by atoms with Crippen LogP contribution in [0.1, 0.15) is 30.7 Å². The van der Waals surface area contributed by atoms with E-state index in [9.17, 15) is 28.3 Å². The van der Waals surface area contributed by atoms with Crippen molar-refractivity contribution in [3.8, 4) is 0 Å². The first kappa shape index (κ1) is 24.0. The number of amides is 3. The highest BCUT2D eigenvalue weighted by Gasteiger charge is 2.62. The molecule has 2 saturated heterocycles. The Bertz CT molecular complexity index is 971. The highest BCUT2D eigenvalue weighted by Crippen LogP contribution is 2.49. The van der Waals surface area contributed by atoms with Crippen LogP contribution in [0.2, 0.25) is 10.0 Å². The number of likely N-dealkylation sites (tertiary alicyclic amines) is 2. The zero-order valence-electron chi connectivity index (χ0n) is 18.0. The molecular weight excluding hydrogens is 479 g/mol. The number of benzene rings is 1. The van der Waals surface area contributed by atoms with Gasteiger partial charge in [0.15, 0.2) is 0 Å². The molecule has 11 heteroatoms. The molecule has 7 nitrogen and oxygen atoms in total. The average Bonchev–Trinajstić information content (AvgIpc) is 3.21. The van der Waals surface area contributed by atoms with E-state index in [1.54, 1.807) is 23.1 Å². The van der Waals surface area contributed by atoms with E-state index >= 15 is 0 Å². The molecule has 1 unspecified atom stereocenters. The molecule has 0 aromatic heterocycles. The summed E-state index contributed by atoms with van der Waals surface area (Å²) in [6.07, 6.45) is -0.692. The fraction of sp³-hybridized carbons (Fsp3) is 0.591. The number of halogens is 4. The second kappa shape index (κ2) is 8.91. The molecular formula is C22H25Cl2F2N3O4. The minimum absolute atomic E-state index is 0.106. The molecule has 1 aromatic rings. The van der Waals surface area contributed by atoms with Crippen molar-refractivity contribution < 1.29 is 28.3 Å². The largest absolute Gasteiger partial charge is 0.465 e. The number of likely N-dealkylation sites (N-methyl/N-ethyl adjacent to an activating group) is 1. The summed E-state index contributed by atoms with van der Waals surface area (Å²) in [5, 5.41) is 10.3. The minimum Gasteiger partial charge on any atom is -0.465 e. The Morgan fingerprint density at radius 1 is 1.06 bits per heavy atom. The number of alkyl halides is 2. The van der Waals surface area contributed by atoms with Crippen LogP contribution in [0.15, 0.2) is 18.2 Å². The van der Waals surface area contributed by atoms with E-state index in [2.05, 4.69) is 0 Å². The maximum absolute atomic E-state index is 13.3. The molecule has 3 amide bonds. The summed E-state index contributed by atoms with van der Waals surface area (Å²) in [7, 11) is 1.48. The molecule has 180 valence electrons. The number of hydrogen-bond donors (Lipinski definition) is 1. The maximum atomic E-state index is 13.3. The summed E-state index contributed by atoms with van der Waals surface area (Å²) in [6.45, 7) is 1.10. The van der Waals surface area contributed by atoms with Gasteiger partial charge < -0.3 is 19.8 Å². The third-order valence-corrected chi connectivity index (χ3v) is 7.79. The number of piperidine rings is 1. The van der Waals surface area contributed by atoms with E-state index in [0.717, 1.165) is 5.56 Å².